The van der Waals surface area contributed by atoms with Crippen molar-refractivity contribution >= 4 is 0 Å². The van der Waals surface area contributed by atoms with Crippen LogP contribution in [0.4, 0.5) is 0 Å². The molecule has 1 saturated heterocycles. The maximum Gasteiger partial charge on any atom is 0.0638 e. The van der Waals surface area contributed by atoms with Crippen molar-refractivity contribution in [3.63, 3.8) is 0 Å². The molecule has 2 nitrogen and oxygen atoms in total. The number of morpholine rings is 1. The zero-order valence-electron chi connectivity index (χ0n) is 5.26. The van der Waals surface area contributed by atoms with Crippen LogP contribution in [0.2, 0.25) is 0 Å². The quantitative estimate of drug-likeness (QED) is 0.492. The highest BCUT2D eigenvalue weighted by Crippen LogP contribution is 1.98. The predicted molar refractivity (Wildman–Crippen MR) is 32.4 cm³/mol. The topological polar surface area (TPSA) is 12.5 Å². The number of ether oxygens (including phenoxy) is 1. The first kappa shape index (κ1) is 6.05. The van der Waals surface area contributed by atoms with Crippen LogP contribution < -0.4 is 0 Å². The Hall–Kier alpha value is -0.0800. The fraction of sp³-hybridized carbons (Fsp3) is 0.833. The molecular weight excluding hydrogens is 102 g/mol. The van der Waals surface area contributed by atoms with Crippen LogP contribution in [-0.2, 0) is 4.74 Å². The standard InChI is InChI=1S/C6H12NO/c1-2-7-3-5-8-6-4-7/h3H,2,4-6H2,1H3. The van der Waals surface area contributed by atoms with Crippen molar-refractivity contribution in [3.05, 3.63) is 6.54 Å². The minimum atomic E-state index is 0.799. The third-order valence-corrected chi connectivity index (χ3v) is 1.38. The summed E-state index contributed by atoms with van der Waals surface area (Å²) in [6, 6.07) is 0. The highest BCUT2D eigenvalue weighted by Gasteiger charge is 2.06. The van der Waals surface area contributed by atoms with Gasteiger partial charge in [0.15, 0.2) is 0 Å². The lowest BCUT2D eigenvalue weighted by atomic mass is 10.4. The van der Waals surface area contributed by atoms with Crippen LogP contribution in [0.25, 0.3) is 0 Å². The maximum atomic E-state index is 5.10. The molecule has 1 aliphatic rings. The van der Waals surface area contributed by atoms with Gasteiger partial charge in [0.1, 0.15) is 0 Å². The molecule has 0 spiro atoms. The first-order chi connectivity index (χ1) is 3.93. The average molecular weight is 114 g/mol. The molecule has 0 saturated carbocycles. The third-order valence-electron chi connectivity index (χ3n) is 1.38. The Kier molecular flexibility index (Phi) is 2.30. The van der Waals surface area contributed by atoms with Crippen LogP contribution in [0.15, 0.2) is 0 Å². The molecule has 0 N–H and O–H groups in total. The summed E-state index contributed by atoms with van der Waals surface area (Å²) < 4.78 is 5.10. The SMILES string of the molecule is CCN1[CH]COCC1. The number of likely N-dealkylation sites (N-methyl/N-ethyl adjacent to an activating group) is 1. The van der Waals surface area contributed by atoms with E-state index in [1.807, 2.05) is 0 Å². The van der Waals surface area contributed by atoms with E-state index in [9.17, 15) is 0 Å². The van der Waals surface area contributed by atoms with E-state index in [2.05, 4.69) is 18.4 Å². The van der Waals surface area contributed by atoms with E-state index in [-0.39, 0.29) is 0 Å². The molecule has 0 unspecified atom stereocenters. The fourth-order valence-electron chi connectivity index (χ4n) is 0.802. The molecule has 0 aromatic carbocycles. The van der Waals surface area contributed by atoms with Gasteiger partial charge in [0.2, 0.25) is 0 Å². The van der Waals surface area contributed by atoms with Crippen molar-refractivity contribution in [1.29, 1.82) is 0 Å². The summed E-state index contributed by atoms with van der Waals surface area (Å²) in [5.41, 5.74) is 0. The van der Waals surface area contributed by atoms with Gasteiger partial charge in [0.05, 0.1) is 19.8 Å². The molecule has 47 valence electrons. The van der Waals surface area contributed by atoms with Gasteiger partial charge in [-0.2, -0.15) is 0 Å². The molecule has 0 aromatic rings. The molecule has 0 atom stereocenters. The van der Waals surface area contributed by atoms with Crippen LogP contribution in [0.5, 0.6) is 0 Å². The molecular formula is C6H12NO. The van der Waals surface area contributed by atoms with Crippen molar-refractivity contribution in [3.8, 4) is 0 Å². The fourth-order valence-corrected chi connectivity index (χ4v) is 0.802. The summed E-state index contributed by atoms with van der Waals surface area (Å²) in [4.78, 5) is 2.27. The number of hydrogen-bond acceptors (Lipinski definition) is 2. The molecule has 0 aliphatic carbocycles. The molecule has 1 rings (SSSR count). The van der Waals surface area contributed by atoms with Gasteiger partial charge in [-0.15, -0.1) is 0 Å². The molecule has 0 bridgehead atoms. The third kappa shape index (κ3) is 1.46. The van der Waals surface area contributed by atoms with E-state index in [1.54, 1.807) is 0 Å². The predicted octanol–water partition coefficient (Wildman–Crippen LogP) is 0.500. The van der Waals surface area contributed by atoms with Gasteiger partial charge in [-0.25, -0.2) is 0 Å². The normalized spacial score (nSPS) is 23.6. The lowest BCUT2D eigenvalue weighted by Gasteiger charge is -2.23. The van der Waals surface area contributed by atoms with Gasteiger partial charge in [0.25, 0.3) is 0 Å². The Labute approximate surface area is 50.4 Å². The molecule has 1 radical (unpaired) electrons. The van der Waals surface area contributed by atoms with Crippen LogP contribution in [0.1, 0.15) is 6.92 Å². The lowest BCUT2D eigenvalue weighted by molar-refractivity contribution is 0.0704. The summed E-state index contributed by atoms with van der Waals surface area (Å²) in [5.74, 6) is 0. The maximum absolute atomic E-state index is 5.10. The van der Waals surface area contributed by atoms with Crippen molar-refractivity contribution in [2.75, 3.05) is 26.3 Å². The summed E-state index contributed by atoms with van der Waals surface area (Å²) in [5, 5.41) is 0. The van der Waals surface area contributed by atoms with Crippen LogP contribution in [0, 0.1) is 6.54 Å². The van der Waals surface area contributed by atoms with Gasteiger partial charge < -0.3 is 4.74 Å². The van der Waals surface area contributed by atoms with Crippen LogP contribution in [-0.4, -0.2) is 31.2 Å². The lowest BCUT2D eigenvalue weighted by Crippen LogP contribution is -2.31. The largest absolute Gasteiger partial charge is 0.378 e. The average Bonchev–Trinajstić information content (AvgIpc) is 1.90. The summed E-state index contributed by atoms with van der Waals surface area (Å²) in [6.07, 6.45) is 0. The highest BCUT2D eigenvalue weighted by molar-refractivity contribution is 4.69. The minimum Gasteiger partial charge on any atom is -0.378 e. The molecule has 8 heavy (non-hydrogen) atoms. The van der Waals surface area contributed by atoms with Crippen LogP contribution >= 0.6 is 0 Å². The van der Waals surface area contributed by atoms with Gasteiger partial charge in [-0.1, -0.05) is 6.92 Å². The second kappa shape index (κ2) is 3.05. The zero-order valence-corrected chi connectivity index (χ0v) is 5.26. The van der Waals surface area contributed by atoms with E-state index in [0.29, 0.717) is 0 Å². The Morgan fingerprint density at radius 2 is 2.62 bits per heavy atom. The van der Waals surface area contributed by atoms with Gasteiger partial charge in [-0.3, -0.25) is 4.90 Å². The van der Waals surface area contributed by atoms with Crippen molar-refractivity contribution in [2.45, 2.75) is 6.92 Å². The van der Waals surface area contributed by atoms with Gasteiger partial charge in [0, 0.05) is 6.54 Å². The zero-order chi connectivity index (χ0) is 5.82. The summed E-state index contributed by atoms with van der Waals surface area (Å²) in [7, 11) is 0. The molecule has 0 aromatic heterocycles. The second-order valence-corrected chi connectivity index (χ2v) is 1.89. The van der Waals surface area contributed by atoms with Crippen molar-refractivity contribution in [2.24, 2.45) is 0 Å². The Bertz CT molecular complexity index is 59.5. The minimum absolute atomic E-state index is 0.799. The first-order valence-electron chi connectivity index (χ1n) is 3.08. The first-order valence-corrected chi connectivity index (χ1v) is 3.08. The van der Waals surface area contributed by atoms with Gasteiger partial charge in [-0.05, 0) is 6.54 Å². The summed E-state index contributed by atoms with van der Waals surface area (Å²) >= 11 is 0. The second-order valence-electron chi connectivity index (χ2n) is 1.89. The Morgan fingerprint density at radius 1 is 1.75 bits per heavy atom. The van der Waals surface area contributed by atoms with E-state index in [1.165, 1.54) is 0 Å². The van der Waals surface area contributed by atoms with E-state index >= 15 is 0 Å². The molecule has 2 heteroatoms. The molecule has 1 heterocycles. The highest BCUT2D eigenvalue weighted by atomic mass is 16.5. The molecule has 0 amide bonds. The summed E-state index contributed by atoms with van der Waals surface area (Å²) in [6.45, 7) is 8.13. The van der Waals surface area contributed by atoms with Crippen molar-refractivity contribution < 1.29 is 4.74 Å². The van der Waals surface area contributed by atoms with E-state index in [4.69, 9.17) is 4.74 Å². The Balaban J connectivity index is 2.13. The number of nitrogens with zero attached hydrogens (tertiary/aromatic N) is 1. The smallest absolute Gasteiger partial charge is 0.0638 e. The van der Waals surface area contributed by atoms with E-state index < -0.39 is 0 Å². The molecule has 1 aliphatic heterocycles. The van der Waals surface area contributed by atoms with Gasteiger partial charge >= 0.3 is 0 Å². The molecule has 1 fully saturated rings. The number of rotatable bonds is 1. The van der Waals surface area contributed by atoms with Crippen molar-refractivity contribution in [1.82, 2.24) is 4.90 Å². The monoisotopic (exact) mass is 114 g/mol. The Morgan fingerprint density at radius 3 is 3.00 bits per heavy atom. The van der Waals surface area contributed by atoms with Crippen LogP contribution in [0.3, 0.4) is 0 Å². The number of hydrogen-bond donors (Lipinski definition) is 0. The van der Waals surface area contributed by atoms with E-state index in [0.717, 1.165) is 26.3 Å².